The zero-order valence-electron chi connectivity index (χ0n) is 47.3. The summed E-state index contributed by atoms with van der Waals surface area (Å²) in [6, 6.07) is 1.43. The Morgan fingerprint density at radius 2 is 0.885 bits per heavy atom. The van der Waals surface area contributed by atoms with Gasteiger partial charge in [0.1, 0.15) is 22.3 Å². The summed E-state index contributed by atoms with van der Waals surface area (Å²) in [5.74, 6) is 0. The average molecular weight is 705 g/mol. The maximum absolute atomic E-state index is 9.49. The Morgan fingerprint density at radius 1 is 0.423 bits per heavy atom. The second kappa shape index (κ2) is 11.5. The molecule has 8 aromatic carbocycles. The molecule has 0 aliphatic heterocycles. The molecule has 0 amide bonds. The van der Waals surface area contributed by atoms with Crippen molar-refractivity contribution < 1.29 is 37.6 Å². The van der Waals surface area contributed by atoms with Crippen molar-refractivity contribution in [2.24, 2.45) is 0 Å². The van der Waals surface area contributed by atoms with Gasteiger partial charge in [-0.25, -0.2) is 0 Å². The second-order valence-corrected chi connectivity index (χ2v) is 12.7. The van der Waals surface area contributed by atoms with Gasteiger partial charge in [-0.05, 0) is 65.6 Å². The van der Waals surface area contributed by atoms with Gasteiger partial charge in [0.25, 0.3) is 0 Å². The molecule has 11 aromatic rings. The smallest absolute Gasteiger partial charge is 0.143 e. The summed E-state index contributed by atoms with van der Waals surface area (Å²) in [7, 11) is 0. The fraction of sp³-hybridized carbons (Fsp3) is 0. The van der Waals surface area contributed by atoms with Crippen LogP contribution >= 0.6 is 11.3 Å². The van der Waals surface area contributed by atoms with Crippen molar-refractivity contribution in [3.8, 4) is 22.3 Å². The normalized spacial score (nSPS) is 17.5. The minimum atomic E-state index is -0.586. The Kier molecular flexibility index (Phi) is 3.38. The highest BCUT2D eigenvalue weighted by atomic mass is 32.1. The van der Waals surface area contributed by atoms with Crippen molar-refractivity contribution in [1.29, 1.82) is 0 Å². The van der Waals surface area contributed by atoms with E-state index in [0.717, 1.165) is 11.3 Å². The van der Waals surface area contributed by atoms with Crippen LogP contribution in [0.1, 0.15) is 28.8 Å². The summed E-state index contributed by atoms with van der Waals surface area (Å²) >= 11 is 0.860. The minimum Gasteiger partial charge on any atom is -0.455 e. The predicted octanol–water partition coefficient (Wildman–Crippen LogP) is 14.7. The summed E-state index contributed by atoms with van der Waals surface area (Å²) in [6.45, 7) is 0. The summed E-state index contributed by atoms with van der Waals surface area (Å²) in [5, 5.41) is -0.447. The number of hydrogen-bond acceptors (Lipinski definition) is 4. The molecule has 0 fully saturated rings. The number of benzene rings is 8. The van der Waals surface area contributed by atoms with Gasteiger partial charge in [-0.2, -0.15) is 0 Å². The number of thiophene rings is 1. The van der Waals surface area contributed by atoms with E-state index in [-0.39, 0.29) is 103 Å². The lowest BCUT2D eigenvalue weighted by atomic mass is 10.0. The number of hydrogen-bond donors (Lipinski definition) is 0. The fourth-order valence-electron chi connectivity index (χ4n) is 6.54. The van der Waals surface area contributed by atoms with E-state index >= 15 is 0 Å². The highest BCUT2D eigenvalue weighted by Crippen LogP contribution is 2.46. The van der Waals surface area contributed by atoms with Crippen LogP contribution in [0.2, 0.25) is 0 Å². The highest BCUT2D eigenvalue weighted by Gasteiger charge is 2.20. The Balaban J connectivity index is 1.18. The molecule has 3 nitrogen and oxygen atoms in total. The third-order valence-corrected chi connectivity index (χ3v) is 9.87. The zero-order valence-corrected chi connectivity index (χ0v) is 27.1. The third kappa shape index (κ3) is 4.45. The highest BCUT2D eigenvalue weighted by molar-refractivity contribution is 7.26. The molecule has 0 aliphatic carbocycles. The molecule has 0 aliphatic rings. The first-order chi connectivity index (χ1) is 34.5. The molecule has 0 spiro atoms. The molecule has 0 atom stereocenters. The SMILES string of the molecule is [2H]c1c([2H])c([2H])c2c(oc3c(-c4ccc(N(c5ccc(-c6c([2H])c([2H])c([2H])c7c6oc6c([2H])c([2H])c([2H])c([2H])c67)cc5)c5c([2H])c([2H])c([2H])c6sc7c([2H])c([2H])c([2H])c([2H])c7c56)cc4)c([2H])c([2H])c([2H])c32)c1[2H]. The Hall–Kier alpha value is -6.62. The molecular weight excluding hydrogens is 655 g/mol. The maximum Gasteiger partial charge on any atom is 0.143 e. The first-order valence-corrected chi connectivity index (χ1v) is 16.6. The molecule has 0 radical (unpaired) electrons. The van der Waals surface area contributed by atoms with E-state index in [2.05, 4.69) is 0 Å². The Labute approximate surface area is 332 Å². The lowest BCUT2D eigenvalue weighted by molar-refractivity contribution is 0.669. The lowest BCUT2D eigenvalue weighted by Crippen LogP contribution is -2.10. The van der Waals surface area contributed by atoms with Crippen LogP contribution in [0.5, 0.6) is 0 Å². The molecular formula is C48H29NO2S. The van der Waals surface area contributed by atoms with Gasteiger partial charge in [0.2, 0.25) is 0 Å². The maximum atomic E-state index is 9.49. The van der Waals surface area contributed by atoms with E-state index in [4.69, 9.17) is 36.2 Å². The topological polar surface area (TPSA) is 29.5 Å². The van der Waals surface area contributed by atoms with E-state index in [1.807, 2.05) is 0 Å². The Bertz CT molecular complexity index is 4140. The van der Waals surface area contributed by atoms with Crippen LogP contribution in [0.15, 0.2) is 184 Å². The van der Waals surface area contributed by atoms with E-state index < -0.39 is 127 Å². The Morgan fingerprint density at radius 3 is 1.46 bits per heavy atom. The minimum absolute atomic E-state index is 0.0150. The predicted molar refractivity (Wildman–Crippen MR) is 219 cm³/mol. The lowest BCUT2D eigenvalue weighted by Gasteiger charge is -2.27. The molecule has 11 rings (SSSR count). The van der Waals surface area contributed by atoms with Crippen molar-refractivity contribution in [1.82, 2.24) is 0 Å². The van der Waals surface area contributed by atoms with E-state index in [9.17, 15) is 1.37 Å². The molecule has 52 heavy (non-hydrogen) atoms. The molecule has 3 heterocycles. The number of para-hydroxylation sites is 4. The van der Waals surface area contributed by atoms with Crippen LogP contribution in [0.4, 0.5) is 17.1 Å². The van der Waals surface area contributed by atoms with Gasteiger partial charge in [-0.15, -0.1) is 11.3 Å². The molecule has 0 saturated heterocycles. The van der Waals surface area contributed by atoms with Crippen LogP contribution < -0.4 is 4.90 Å². The van der Waals surface area contributed by atoms with Crippen LogP contribution in [0.25, 0.3) is 86.3 Å². The van der Waals surface area contributed by atoms with Gasteiger partial charge < -0.3 is 13.7 Å². The van der Waals surface area contributed by atoms with Gasteiger partial charge in [0.05, 0.1) is 34.5 Å². The molecule has 0 saturated carbocycles. The molecule has 244 valence electrons. The first-order valence-electron chi connectivity index (χ1n) is 26.3. The molecule has 0 N–H and O–H groups in total. The summed E-state index contributed by atoms with van der Waals surface area (Å²) in [5.41, 5.74) is -0.0456. The van der Waals surface area contributed by atoms with E-state index in [1.165, 1.54) is 53.4 Å². The number of anilines is 3. The van der Waals surface area contributed by atoms with Crippen LogP contribution in [0, 0.1) is 0 Å². The van der Waals surface area contributed by atoms with Gasteiger partial charge in [0.15, 0.2) is 0 Å². The van der Waals surface area contributed by atoms with Crippen molar-refractivity contribution in [2.75, 3.05) is 4.90 Å². The van der Waals surface area contributed by atoms with E-state index in [0.29, 0.717) is 0 Å². The number of rotatable bonds is 5. The van der Waals surface area contributed by atoms with Gasteiger partial charge in [-0.1, -0.05) is 121 Å². The van der Waals surface area contributed by atoms with Crippen LogP contribution in [-0.2, 0) is 0 Å². The molecule has 0 unspecified atom stereocenters. The average Bonchev–Trinajstić information content (AvgIpc) is 4.11. The van der Waals surface area contributed by atoms with Gasteiger partial charge in [0, 0.05) is 64.2 Å². The largest absolute Gasteiger partial charge is 0.455 e. The summed E-state index contributed by atoms with van der Waals surface area (Å²) < 4.78 is 195. The van der Waals surface area contributed by atoms with Crippen molar-refractivity contribution in [3.05, 3.63) is 175 Å². The number of fused-ring (bicyclic) bond motifs is 9. The van der Waals surface area contributed by atoms with Crippen LogP contribution in [-0.4, -0.2) is 0 Å². The number of furan rings is 2. The fourth-order valence-corrected chi connectivity index (χ4v) is 7.50. The zero-order chi connectivity index (χ0) is 52.4. The molecule has 4 heteroatoms. The second-order valence-electron chi connectivity index (χ2n) is 11.7. The van der Waals surface area contributed by atoms with E-state index in [1.54, 1.807) is 0 Å². The summed E-state index contributed by atoms with van der Waals surface area (Å²) in [6.07, 6.45) is 0. The van der Waals surface area contributed by atoms with Gasteiger partial charge in [-0.3, -0.25) is 0 Å². The molecule has 3 aromatic heterocycles. The third-order valence-electron chi connectivity index (χ3n) is 8.85. The van der Waals surface area contributed by atoms with Gasteiger partial charge >= 0.3 is 0 Å². The molecule has 0 bridgehead atoms. The quantitative estimate of drug-likeness (QED) is 0.179. The van der Waals surface area contributed by atoms with Crippen molar-refractivity contribution in [3.63, 3.8) is 0 Å². The summed E-state index contributed by atoms with van der Waals surface area (Å²) in [4.78, 5) is 1.50. The first kappa shape index (κ1) is 15.3. The van der Waals surface area contributed by atoms with Crippen molar-refractivity contribution in [2.45, 2.75) is 0 Å². The standard InChI is InChI=1S/C48H29NO2S/c1-4-18-42-36(10-1)38-15-7-13-34(47(38)50-42)30-22-26-32(27-23-30)49(41-17-9-21-45-46(41)40-12-3-6-20-44(40)52-45)33-28-24-31(25-29-33)35-14-8-16-39-37-11-2-5-19-43(37)51-48(35)39/h1-29H/i1D,2D,3D,4D,5D,6D,7D,8D,9D,10D,11D,12D,13D,14D,15D,16D,17D,18D,19D,20D,21D. The van der Waals surface area contributed by atoms with Crippen LogP contribution in [0.3, 0.4) is 0 Å². The van der Waals surface area contributed by atoms with Crippen molar-refractivity contribution >= 4 is 92.4 Å². The number of nitrogens with zero attached hydrogens (tertiary/aromatic N) is 1. The monoisotopic (exact) mass is 704 g/mol.